The van der Waals surface area contributed by atoms with E-state index in [0.29, 0.717) is 12.1 Å². The van der Waals surface area contributed by atoms with Crippen LogP contribution in [0.4, 0.5) is 0 Å². The van der Waals surface area contributed by atoms with Crippen molar-refractivity contribution >= 4 is 15.9 Å². The molecule has 1 fully saturated rings. The average molecular weight is 222 g/mol. The Hall–Kier alpha value is 0.400. The van der Waals surface area contributed by atoms with Gasteiger partial charge in [0.25, 0.3) is 0 Å². The first-order chi connectivity index (χ1) is 5.25. The van der Waals surface area contributed by atoms with Crippen LogP contribution in [-0.4, -0.2) is 42.6 Å². The van der Waals surface area contributed by atoms with Gasteiger partial charge in [0, 0.05) is 24.5 Å². The summed E-state index contributed by atoms with van der Waals surface area (Å²) in [7, 11) is 2.16. The van der Waals surface area contributed by atoms with Crippen molar-refractivity contribution in [3.05, 3.63) is 0 Å². The molecule has 2 atom stereocenters. The standard InChI is InChI=1S/C8H16BrNO/c1-7-8(3-6-11-7)10(2)5-4-9/h7-8H,3-6H2,1-2H3. The molecule has 0 spiro atoms. The second kappa shape index (κ2) is 4.43. The predicted molar refractivity (Wildman–Crippen MR) is 50.2 cm³/mol. The molecule has 0 aromatic rings. The van der Waals surface area contributed by atoms with Crippen LogP contribution in [-0.2, 0) is 4.74 Å². The van der Waals surface area contributed by atoms with E-state index in [4.69, 9.17) is 4.74 Å². The number of halogens is 1. The zero-order valence-electron chi connectivity index (χ0n) is 7.22. The van der Waals surface area contributed by atoms with Crippen molar-refractivity contribution in [3.63, 3.8) is 0 Å². The van der Waals surface area contributed by atoms with E-state index in [1.54, 1.807) is 0 Å². The van der Waals surface area contributed by atoms with Crippen molar-refractivity contribution in [2.45, 2.75) is 25.5 Å². The lowest BCUT2D eigenvalue weighted by Crippen LogP contribution is -2.37. The van der Waals surface area contributed by atoms with Gasteiger partial charge in [0.1, 0.15) is 0 Å². The summed E-state index contributed by atoms with van der Waals surface area (Å²) in [6, 6.07) is 0.632. The van der Waals surface area contributed by atoms with E-state index in [2.05, 4.69) is 34.8 Å². The van der Waals surface area contributed by atoms with Gasteiger partial charge < -0.3 is 4.74 Å². The summed E-state index contributed by atoms with van der Waals surface area (Å²) in [4.78, 5) is 2.37. The molecular weight excluding hydrogens is 206 g/mol. The average Bonchev–Trinajstić information content (AvgIpc) is 2.36. The highest BCUT2D eigenvalue weighted by atomic mass is 79.9. The minimum absolute atomic E-state index is 0.416. The SMILES string of the molecule is CC1OCCC1N(C)CCBr. The van der Waals surface area contributed by atoms with Gasteiger partial charge in [0.2, 0.25) is 0 Å². The molecule has 1 aliphatic heterocycles. The highest BCUT2D eigenvalue weighted by molar-refractivity contribution is 9.09. The van der Waals surface area contributed by atoms with Crippen LogP contribution in [0.2, 0.25) is 0 Å². The number of hydrogen-bond acceptors (Lipinski definition) is 2. The summed E-state index contributed by atoms with van der Waals surface area (Å²) in [5.74, 6) is 0. The molecule has 1 aliphatic rings. The number of hydrogen-bond donors (Lipinski definition) is 0. The molecule has 0 N–H and O–H groups in total. The van der Waals surface area contributed by atoms with Crippen LogP contribution < -0.4 is 0 Å². The third-order valence-corrected chi connectivity index (χ3v) is 2.69. The molecule has 0 aromatic carbocycles. The Morgan fingerprint density at radius 1 is 1.64 bits per heavy atom. The molecule has 1 rings (SSSR count). The first-order valence-electron chi connectivity index (χ1n) is 4.13. The molecule has 0 radical (unpaired) electrons. The first kappa shape index (κ1) is 9.49. The van der Waals surface area contributed by atoms with Crippen molar-refractivity contribution in [3.8, 4) is 0 Å². The number of nitrogens with zero attached hydrogens (tertiary/aromatic N) is 1. The summed E-state index contributed by atoms with van der Waals surface area (Å²) < 4.78 is 5.48. The van der Waals surface area contributed by atoms with Crippen molar-refractivity contribution in [1.82, 2.24) is 4.90 Å². The van der Waals surface area contributed by atoms with E-state index in [1.807, 2.05) is 0 Å². The highest BCUT2D eigenvalue weighted by Crippen LogP contribution is 2.17. The first-order valence-corrected chi connectivity index (χ1v) is 5.25. The lowest BCUT2D eigenvalue weighted by atomic mass is 10.1. The lowest BCUT2D eigenvalue weighted by molar-refractivity contribution is 0.0859. The molecule has 3 heteroatoms. The van der Waals surface area contributed by atoms with E-state index in [1.165, 1.54) is 6.42 Å². The molecule has 0 bridgehead atoms. The van der Waals surface area contributed by atoms with E-state index in [9.17, 15) is 0 Å². The van der Waals surface area contributed by atoms with Crippen molar-refractivity contribution in [1.29, 1.82) is 0 Å². The predicted octanol–water partition coefficient (Wildman–Crippen LogP) is 1.49. The quantitative estimate of drug-likeness (QED) is 0.671. The number of ether oxygens (including phenoxy) is 1. The maximum atomic E-state index is 5.48. The molecule has 2 nitrogen and oxygen atoms in total. The van der Waals surface area contributed by atoms with Crippen LogP contribution in [0.15, 0.2) is 0 Å². The van der Waals surface area contributed by atoms with Crippen LogP contribution >= 0.6 is 15.9 Å². The Bertz CT molecular complexity index is 121. The summed E-state index contributed by atoms with van der Waals surface area (Å²) >= 11 is 3.43. The third-order valence-electron chi connectivity index (χ3n) is 2.34. The van der Waals surface area contributed by atoms with Crippen LogP contribution in [0, 0.1) is 0 Å². The van der Waals surface area contributed by atoms with Crippen molar-refractivity contribution in [2.24, 2.45) is 0 Å². The second-order valence-electron chi connectivity index (χ2n) is 3.10. The van der Waals surface area contributed by atoms with Crippen LogP contribution in [0.3, 0.4) is 0 Å². The number of likely N-dealkylation sites (N-methyl/N-ethyl adjacent to an activating group) is 1. The summed E-state index contributed by atoms with van der Waals surface area (Å²) in [5, 5.41) is 1.05. The van der Waals surface area contributed by atoms with Gasteiger partial charge in [0.05, 0.1) is 6.10 Å². The Balaban J connectivity index is 2.33. The van der Waals surface area contributed by atoms with E-state index in [-0.39, 0.29) is 0 Å². The topological polar surface area (TPSA) is 12.5 Å². The second-order valence-corrected chi connectivity index (χ2v) is 3.89. The molecule has 66 valence electrons. The van der Waals surface area contributed by atoms with E-state index < -0.39 is 0 Å². The van der Waals surface area contributed by atoms with Crippen LogP contribution in [0.5, 0.6) is 0 Å². The number of alkyl halides is 1. The zero-order chi connectivity index (χ0) is 8.27. The van der Waals surface area contributed by atoms with Gasteiger partial charge in [0.15, 0.2) is 0 Å². The number of rotatable bonds is 3. The van der Waals surface area contributed by atoms with Gasteiger partial charge in [-0.05, 0) is 20.4 Å². The molecule has 0 aromatic heterocycles. The minimum atomic E-state index is 0.416. The lowest BCUT2D eigenvalue weighted by Gasteiger charge is -2.25. The van der Waals surface area contributed by atoms with E-state index >= 15 is 0 Å². The monoisotopic (exact) mass is 221 g/mol. The summed E-state index contributed by atoms with van der Waals surface area (Å²) in [6.07, 6.45) is 1.60. The van der Waals surface area contributed by atoms with Crippen molar-refractivity contribution < 1.29 is 4.74 Å². The fourth-order valence-electron chi connectivity index (χ4n) is 1.60. The minimum Gasteiger partial charge on any atom is -0.377 e. The van der Waals surface area contributed by atoms with Crippen LogP contribution in [0.1, 0.15) is 13.3 Å². The Kier molecular flexibility index (Phi) is 3.82. The maximum Gasteiger partial charge on any atom is 0.0702 e. The fourth-order valence-corrected chi connectivity index (χ4v) is 2.16. The highest BCUT2D eigenvalue weighted by Gasteiger charge is 2.26. The molecule has 11 heavy (non-hydrogen) atoms. The fraction of sp³-hybridized carbons (Fsp3) is 1.00. The largest absolute Gasteiger partial charge is 0.377 e. The molecule has 1 saturated heterocycles. The zero-order valence-corrected chi connectivity index (χ0v) is 8.80. The van der Waals surface area contributed by atoms with E-state index in [0.717, 1.165) is 18.5 Å². The molecule has 0 aliphatic carbocycles. The molecular formula is C8H16BrNO. The van der Waals surface area contributed by atoms with Crippen LogP contribution in [0.25, 0.3) is 0 Å². The van der Waals surface area contributed by atoms with Gasteiger partial charge in [-0.2, -0.15) is 0 Å². The Labute approximate surface area is 77.0 Å². The summed E-state index contributed by atoms with van der Waals surface area (Å²) in [5.41, 5.74) is 0. The molecule has 1 heterocycles. The maximum absolute atomic E-state index is 5.48. The van der Waals surface area contributed by atoms with Gasteiger partial charge in [-0.15, -0.1) is 0 Å². The van der Waals surface area contributed by atoms with Crippen molar-refractivity contribution in [2.75, 3.05) is 25.5 Å². The third kappa shape index (κ3) is 2.42. The summed E-state index contributed by atoms with van der Waals surface area (Å²) in [6.45, 7) is 4.19. The molecule has 0 saturated carbocycles. The van der Waals surface area contributed by atoms with Gasteiger partial charge >= 0.3 is 0 Å². The molecule has 0 amide bonds. The Morgan fingerprint density at radius 3 is 2.82 bits per heavy atom. The van der Waals surface area contributed by atoms with Gasteiger partial charge in [-0.3, -0.25) is 4.90 Å². The smallest absolute Gasteiger partial charge is 0.0702 e. The van der Waals surface area contributed by atoms with Gasteiger partial charge in [-0.25, -0.2) is 0 Å². The normalized spacial score (nSPS) is 31.6. The van der Waals surface area contributed by atoms with Gasteiger partial charge in [-0.1, -0.05) is 15.9 Å². The Morgan fingerprint density at radius 2 is 2.36 bits per heavy atom. The molecule has 2 unspecified atom stereocenters.